The topological polar surface area (TPSA) is 75.4 Å². The molecular formula is C15H15FN2O2. The third-order valence-corrected chi connectivity index (χ3v) is 3.14. The molecule has 0 unspecified atom stereocenters. The van der Waals surface area contributed by atoms with E-state index in [-0.39, 0.29) is 17.0 Å². The minimum Gasteiger partial charge on any atom is -0.507 e. The number of phenolic OH excluding ortho intramolecular Hbond substituents is 1. The number of nitrogens with one attached hydrogen (secondary N) is 1. The first kappa shape index (κ1) is 13.9. The van der Waals surface area contributed by atoms with Gasteiger partial charge in [-0.05, 0) is 43.7 Å². The summed E-state index contributed by atoms with van der Waals surface area (Å²) in [6.45, 7) is 3.46. The predicted octanol–water partition coefficient (Wildman–Crippen LogP) is 2.98. The highest BCUT2D eigenvalue weighted by atomic mass is 19.1. The minimum absolute atomic E-state index is 0.00860. The number of anilines is 2. The summed E-state index contributed by atoms with van der Waals surface area (Å²) in [5, 5.41) is 12.5. The first-order valence-electron chi connectivity index (χ1n) is 6.05. The summed E-state index contributed by atoms with van der Waals surface area (Å²) >= 11 is 0. The van der Waals surface area contributed by atoms with E-state index in [0.717, 1.165) is 11.6 Å². The van der Waals surface area contributed by atoms with Crippen molar-refractivity contribution in [3.8, 4) is 5.75 Å². The second-order valence-electron chi connectivity index (χ2n) is 4.59. The number of carbonyl (C=O) groups excluding carboxylic acids is 1. The van der Waals surface area contributed by atoms with Gasteiger partial charge in [0.15, 0.2) is 0 Å². The maximum Gasteiger partial charge on any atom is 0.255 e. The number of hydrogen-bond donors (Lipinski definition) is 3. The molecule has 104 valence electrons. The molecule has 0 atom stereocenters. The number of nitrogens with two attached hydrogens (primary N) is 1. The number of halogens is 1. The fourth-order valence-corrected chi connectivity index (χ4v) is 1.83. The Bertz CT molecular complexity index is 684. The minimum atomic E-state index is -0.638. The Morgan fingerprint density at radius 1 is 1.25 bits per heavy atom. The fourth-order valence-electron chi connectivity index (χ4n) is 1.83. The first-order valence-corrected chi connectivity index (χ1v) is 6.05. The predicted molar refractivity (Wildman–Crippen MR) is 76.3 cm³/mol. The van der Waals surface area contributed by atoms with Gasteiger partial charge in [-0.15, -0.1) is 0 Å². The zero-order valence-corrected chi connectivity index (χ0v) is 11.2. The number of amides is 1. The van der Waals surface area contributed by atoms with Crippen LogP contribution in [0.25, 0.3) is 0 Å². The van der Waals surface area contributed by atoms with Crippen LogP contribution in [0.1, 0.15) is 21.5 Å². The second-order valence-corrected chi connectivity index (χ2v) is 4.59. The highest BCUT2D eigenvalue weighted by molar-refractivity contribution is 6.05. The lowest BCUT2D eigenvalue weighted by Crippen LogP contribution is -2.13. The van der Waals surface area contributed by atoms with E-state index < -0.39 is 11.7 Å². The molecule has 0 aliphatic rings. The van der Waals surface area contributed by atoms with E-state index in [0.29, 0.717) is 11.3 Å². The summed E-state index contributed by atoms with van der Waals surface area (Å²) < 4.78 is 13.3. The van der Waals surface area contributed by atoms with Crippen LogP contribution in [-0.4, -0.2) is 11.0 Å². The van der Waals surface area contributed by atoms with Crippen molar-refractivity contribution in [2.24, 2.45) is 0 Å². The normalized spacial score (nSPS) is 10.3. The van der Waals surface area contributed by atoms with Gasteiger partial charge in [0.2, 0.25) is 0 Å². The second kappa shape index (κ2) is 5.21. The number of aromatic hydroxyl groups is 1. The maximum atomic E-state index is 13.3. The zero-order valence-electron chi connectivity index (χ0n) is 11.2. The molecule has 0 bridgehead atoms. The monoisotopic (exact) mass is 274 g/mol. The van der Waals surface area contributed by atoms with E-state index in [1.165, 1.54) is 12.1 Å². The van der Waals surface area contributed by atoms with Crippen LogP contribution >= 0.6 is 0 Å². The molecule has 2 aromatic rings. The van der Waals surface area contributed by atoms with E-state index in [1.54, 1.807) is 26.0 Å². The molecule has 0 radical (unpaired) electrons. The lowest BCUT2D eigenvalue weighted by atomic mass is 10.1. The lowest BCUT2D eigenvalue weighted by molar-refractivity contribution is 0.102. The number of aryl methyl sites for hydroxylation is 1. The van der Waals surface area contributed by atoms with Gasteiger partial charge in [0.05, 0.1) is 5.69 Å². The first-order chi connectivity index (χ1) is 9.40. The quantitative estimate of drug-likeness (QED) is 0.737. The van der Waals surface area contributed by atoms with E-state index >= 15 is 0 Å². The van der Waals surface area contributed by atoms with Crippen molar-refractivity contribution < 1.29 is 14.3 Å². The molecule has 0 spiro atoms. The van der Waals surface area contributed by atoms with Crippen molar-refractivity contribution in [3.05, 3.63) is 52.8 Å². The van der Waals surface area contributed by atoms with Gasteiger partial charge in [-0.2, -0.15) is 0 Å². The number of nitrogen functional groups attached to an aromatic ring is 1. The number of hydrogen-bond acceptors (Lipinski definition) is 3. The molecule has 2 rings (SSSR count). The van der Waals surface area contributed by atoms with E-state index in [2.05, 4.69) is 5.32 Å². The molecule has 2 aromatic carbocycles. The van der Waals surface area contributed by atoms with Gasteiger partial charge in [0.25, 0.3) is 5.91 Å². The molecule has 0 aliphatic heterocycles. The molecule has 0 heterocycles. The van der Waals surface area contributed by atoms with Crippen LogP contribution in [0.15, 0.2) is 30.3 Å². The van der Waals surface area contributed by atoms with Crippen LogP contribution in [0.3, 0.4) is 0 Å². The van der Waals surface area contributed by atoms with Crippen LogP contribution in [0.2, 0.25) is 0 Å². The van der Waals surface area contributed by atoms with Crippen LogP contribution in [0, 0.1) is 19.7 Å². The maximum absolute atomic E-state index is 13.3. The molecule has 4 nitrogen and oxygen atoms in total. The Morgan fingerprint density at radius 2 is 1.95 bits per heavy atom. The van der Waals surface area contributed by atoms with Crippen molar-refractivity contribution >= 4 is 17.3 Å². The van der Waals surface area contributed by atoms with E-state index in [9.17, 15) is 14.3 Å². The van der Waals surface area contributed by atoms with Crippen LogP contribution in [-0.2, 0) is 0 Å². The zero-order chi connectivity index (χ0) is 14.9. The van der Waals surface area contributed by atoms with Crippen molar-refractivity contribution in [3.63, 3.8) is 0 Å². The number of carbonyl (C=O) groups is 1. The SMILES string of the molecule is Cc1ccc(NC(=O)c2ccc(N)c(F)c2)c(C)c1O. The van der Waals surface area contributed by atoms with E-state index in [1.807, 2.05) is 0 Å². The molecule has 0 aromatic heterocycles. The average Bonchev–Trinajstić information content (AvgIpc) is 2.42. The number of benzene rings is 2. The number of rotatable bonds is 2. The number of phenols is 1. The molecule has 0 aliphatic carbocycles. The Labute approximate surface area is 116 Å². The summed E-state index contributed by atoms with van der Waals surface area (Å²) in [5.74, 6) is -0.970. The van der Waals surface area contributed by atoms with Gasteiger partial charge in [-0.1, -0.05) is 6.07 Å². The summed E-state index contributed by atoms with van der Waals surface area (Å²) in [6.07, 6.45) is 0. The van der Waals surface area contributed by atoms with Crippen LogP contribution in [0.4, 0.5) is 15.8 Å². The van der Waals surface area contributed by atoms with Gasteiger partial charge in [-0.25, -0.2) is 4.39 Å². The smallest absolute Gasteiger partial charge is 0.255 e. The van der Waals surface area contributed by atoms with Crippen LogP contribution in [0.5, 0.6) is 5.75 Å². The Hall–Kier alpha value is -2.56. The van der Waals surface area contributed by atoms with E-state index in [4.69, 9.17) is 5.73 Å². The largest absolute Gasteiger partial charge is 0.507 e. The summed E-state index contributed by atoms with van der Waals surface area (Å²) in [4.78, 5) is 12.0. The molecule has 0 saturated carbocycles. The standard InChI is InChI=1S/C15H15FN2O2/c1-8-3-6-13(9(2)14(8)19)18-15(20)10-4-5-12(17)11(16)7-10/h3-7,19H,17H2,1-2H3,(H,18,20). The van der Waals surface area contributed by atoms with Gasteiger partial charge < -0.3 is 16.2 Å². The molecule has 5 heteroatoms. The molecule has 1 amide bonds. The summed E-state index contributed by atoms with van der Waals surface area (Å²) in [5.41, 5.74) is 7.28. The molecular weight excluding hydrogens is 259 g/mol. The fraction of sp³-hybridized carbons (Fsp3) is 0.133. The molecule has 20 heavy (non-hydrogen) atoms. The van der Waals surface area contributed by atoms with Crippen molar-refractivity contribution in [1.82, 2.24) is 0 Å². The van der Waals surface area contributed by atoms with Crippen molar-refractivity contribution in [2.45, 2.75) is 13.8 Å². The van der Waals surface area contributed by atoms with Crippen molar-refractivity contribution in [2.75, 3.05) is 11.1 Å². The highest BCUT2D eigenvalue weighted by Gasteiger charge is 2.12. The average molecular weight is 274 g/mol. The Balaban J connectivity index is 2.28. The third-order valence-electron chi connectivity index (χ3n) is 3.14. The van der Waals surface area contributed by atoms with Gasteiger partial charge >= 0.3 is 0 Å². The van der Waals surface area contributed by atoms with Gasteiger partial charge in [-0.3, -0.25) is 4.79 Å². The van der Waals surface area contributed by atoms with Crippen molar-refractivity contribution in [1.29, 1.82) is 0 Å². The third kappa shape index (κ3) is 2.56. The van der Waals surface area contributed by atoms with Gasteiger partial charge in [0.1, 0.15) is 11.6 Å². The Kier molecular flexibility index (Phi) is 3.61. The Morgan fingerprint density at radius 3 is 2.60 bits per heavy atom. The molecule has 0 fully saturated rings. The summed E-state index contributed by atoms with van der Waals surface area (Å²) in [6, 6.07) is 7.24. The highest BCUT2D eigenvalue weighted by Crippen LogP contribution is 2.28. The van der Waals surface area contributed by atoms with Gasteiger partial charge in [0, 0.05) is 16.8 Å². The van der Waals surface area contributed by atoms with Crippen LogP contribution < -0.4 is 11.1 Å². The molecule has 4 N–H and O–H groups in total. The lowest BCUT2D eigenvalue weighted by Gasteiger charge is -2.11. The molecule has 0 saturated heterocycles. The summed E-state index contributed by atoms with van der Waals surface area (Å²) in [7, 11) is 0.